The van der Waals surface area contributed by atoms with Crippen LogP contribution in [0.2, 0.25) is 5.02 Å². The van der Waals surface area contributed by atoms with E-state index in [0.29, 0.717) is 28.0 Å². The van der Waals surface area contributed by atoms with Gasteiger partial charge in [-0.25, -0.2) is 13.4 Å². The van der Waals surface area contributed by atoms with E-state index in [1.165, 1.54) is 23.5 Å². The number of aromatic nitrogens is 1. The van der Waals surface area contributed by atoms with E-state index in [-0.39, 0.29) is 29.6 Å². The number of nitrogens with zero attached hydrogens (tertiary/aromatic N) is 3. The van der Waals surface area contributed by atoms with Crippen molar-refractivity contribution in [2.24, 2.45) is 0 Å². The summed E-state index contributed by atoms with van der Waals surface area (Å²) < 4.78 is 35.2. The van der Waals surface area contributed by atoms with Gasteiger partial charge in [0.05, 0.1) is 41.4 Å². The molecule has 0 unspecified atom stereocenters. The van der Waals surface area contributed by atoms with Crippen LogP contribution in [0.1, 0.15) is 12.0 Å². The lowest BCUT2D eigenvalue weighted by Crippen LogP contribution is -2.39. The van der Waals surface area contributed by atoms with Gasteiger partial charge in [-0.1, -0.05) is 35.1 Å². The Labute approximate surface area is 226 Å². The summed E-state index contributed by atoms with van der Waals surface area (Å²) in [5, 5.41) is 1.12. The highest BCUT2D eigenvalue weighted by atomic mass is 35.5. The van der Waals surface area contributed by atoms with Crippen LogP contribution in [0.5, 0.6) is 5.75 Å². The number of halogens is 2. The Bertz CT molecular complexity index is 1290. The van der Waals surface area contributed by atoms with Crippen molar-refractivity contribution in [1.82, 2.24) is 9.88 Å². The number of anilines is 1. The first-order valence-corrected chi connectivity index (χ1v) is 14.4. The monoisotopic (exact) mass is 573 g/mol. The minimum absolute atomic E-state index is 0. The Kier molecular flexibility index (Phi) is 9.96. The van der Waals surface area contributed by atoms with Gasteiger partial charge in [-0.05, 0) is 36.2 Å². The Balaban J connectivity index is 0.00000361. The predicted molar refractivity (Wildman–Crippen MR) is 146 cm³/mol. The van der Waals surface area contributed by atoms with Crippen molar-refractivity contribution in [1.29, 1.82) is 0 Å². The number of morpholine rings is 1. The fraction of sp³-hybridized carbons (Fsp3) is 0.417. The number of fused-ring (bicyclic) bond motifs is 1. The first-order chi connectivity index (χ1) is 16.8. The number of methoxy groups -OCH3 is 1. The molecule has 0 bridgehead atoms. The molecule has 0 radical (unpaired) electrons. The first-order valence-electron chi connectivity index (χ1n) is 11.3. The average molecular weight is 575 g/mol. The summed E-state index contributed by atoms with van der Waals surface area (Å²) >= 11 is 7.78. The lowest BCUT2D eigenvalue weighted by atomic mass is 10.1. The van der Waals surface area contributed by atoms with Gasteiger partial charge in [-0.15, -0.1) is 12.4 Å². The van der Waals surface area contributed by atoms with Crippen molar-refractivity contribution in [2.75, 3.05) is 57.7 Å². The third kappa shape index (κ3) is 6.87. The zero-order valence-electron chi connectivity index (χ0n) is 20.1. The summed E-state index contributed by atoms with van der Waals surface area (Å²) in [6, 6.07) is 9.95. The van der Waals surface area contributed by atoms with Crippen LogP contribution < -0.4 is 9.64 Å². The first kappa shape index (κ1) is 28.6. The summed E-state index contributed by atoms with van der Waals surface area (Å²) in [6.45, 7) is 4.57. The van der Waals surface area contributed by atoms with Gasteiger partial charge in [0, 0.05) is 32.4 Å². The molecule has 3 aromatic rings. The van der Waals surface area contributed by atoms with Gasteiger partial charge in [0.25, 0.3) is 0 Å². The molecule has 1 aliphatic heterocycles. The van der Waals surface area contributed by atoms with E-state index in [1.807, 2.05) is 0 Å². The lowest BCUT2D eigenvalue weighted by Gasteiger charge is -2.27. The zero-order valence-corrected chi connectivity index (χ0v) is 23.3. The molecule has 1 aliphatic rings. The second-order valence-corrected chi connectivity index (χ2v) is 11.8. The van der Waals surface area contributed by atoms with E-state index in [9.17, 15) is 13.2 Å². The molecule has 1 fully saturated rings. The molecule has 8 nitrogen and oxygen atoms in total. The summed E-state index contributed by atoms with van der Waals surface area (Å²) in [6.07, 6.45) is 2.07. The number of thiazole rings is 1. The van der Waals surface area contributed by atoms with E-state index in [1.54, 1.807) is 36.3 Å². The van der Waals surface area contributed by atoms with Crippen LogP contribution >= 0.6 is 35.3 Å². The van der Waals surface area contributed by atoms with E-state index < -0.39 is 9.84 Å². The minimum Gasteiger partial charge on any atom is -0.494 e. The fourth-order valence-corrected chi connectivity index (χ4v) is 5.88. The van der Waals surface area contributed by atoms with Gasteiger partial charge in [0.15, 0.2) is 15.0 Å². The van der Waals surface area contributed by atoms with Crippen LogP contribution in [0.4, 0.5) is 5.13 Å². The van der Waals surface area contributed by atoms with Gasteiger partial charge in [-0.3, -0.25) is 14.6 Å². The molecule has 4 rings (SSSR count). The number of rotatable bonds is 9. The Morgan fingerprint density at radius 3 is 2.53 bits per heavy atom. The Morgan fingerprint density at radius 2 is 1.89 bits per heavy atom. The topological polar surface area (TPSA) is 89.0 Å². The molecule has 1 aromatic heterocycles. The maximum atomic E-state index is 13.5. The number of benzene rings is 2. The van der Waals surface area contributed by atoms with Crippen LogP contribution in [-0.4, -0.2) is 77.0 Å². The number of hydrogen-bond donors (Lipinski definition) is 0. The van der Waals surface area contributed by atoms with Gasteiger partial charge in [0.2, 0.25) is 5.91 Å². The van der Waals surface area contributed by atoms with Gasteiger partial charge in [-0.2, -0.15) is 0 Å². The molecule has 2 aromatic carbocycles. The molecule has 0 aliphatic carbocycles. The standard InChI is InChI=1S/C24H28ClN3O5S2.ClH/c1-32-20-9-8-19(25)23-22(20)26-24(34-23)28(11-3-10-27-12-14-33-15-13-27)21(29)16-17-4-6-18(7-5-17)35(2,30)31;/h4-9H,3,10-16H2,1-2H3;1H. The second-order valence-electron chi connectivity index (χ2n) is 8.37. The molecule has 2 heterocycles. The smallest absolute Gasteiger partial charge is 0.233 e. The highest BCUT2D eigenvalue weighted by Gasteiger charge is 2.23. The normalized spacial score (nSPS) is 14.4. The summed E-state index contributed by atoms with van der Waals surface area (Å²) in [5.41, 5.74) is 1.36. The summed E-state index contributed by atoms with van der Waals surface area (Å²) in [7, 11) is -1.72. The molecule has 1 saturated heterocycles. The summed E-state index contributed by atoms with van der Waals surface area (Å²) in [5.74, 6) is 0.484. The van der Waals surface area contributed by atoms with E-state index in [0.717, 1.165) is 55.8 Å². The van der Waals surface area contributed by atoms with Crippen molar-refractivity contribution in [3.8, 4) is 5.75 Å². The highest BCUT2D eigenvalue weighted by molar-refractivity contribution is 7.90. The van der Waals surface area contributed by atoms with Gasteiger partial charge < -0.3 is 9.47 Å². The molecule has 36 heavy (non-hydrogen) atoms. The van der Waals surface area contributed by atoms with Crippen molar-refractivity contribution in [3.05, 3.63) is 47.0 Å². The third-order valence-electron chi connectivity index (χ3n) is 5.87. The SMILES string of the molecule is COc1ccc(Cl)c2sc(N(CCCN3CCOCC3)C(=O)Cc3ccc(S(C)(=O)=O)cc3)nc12.Cl. The molecule has 0 atom stereocenters. The molecular formula is C24H29Cl2N3O5S2. The maximum Gasteiger partial charge on any atom is 0.233 e. The number of ether oxygens (including phenoxy) is 2. The fourth-order valence-electron chi connectivity index (χ4n) is 3.95. The van der Waals surface area contributed by atoms with Crippen molar-refractivity contribution in [2.45, 2.75) is 17.7 Å². The lowest BCUT2D eigenvalue weighted by molar-refractivity contribution is -0.118. The van der Waals surface area contributed by atoms with Gasteiger partial charge in [0.1, 0.15) is 11.3 Å². The Morgan fingerprint density at radius 1 is 1.19 bits per heavy atom. The van der Waals surface area contributed by atoms with E-state index in [2.05, 4.69) is 4.90 Å². The van der Waals surface area contributed by atoms with Crippen molar-refractivity contribution in [3.63, 3.8) is 0 Å². The zero-order chi connectivity index (χ0) is 25.0. The molecule has 196 valence electrons. The number of carbonyl (C=O) groups is 1. The average Bonchev–Trinajstić information content (AvgIpc) is 3.28. The van der Waals surface area contributed by atoms with E-state index in [4.69, 9.17) is 26.1 Å². The third-order valence-corrected chi connectivity index (χ3v) is 8.53. The Hall–Kier alpha value is -1.95. The highest BCUT2D eigenvalue weighted by Crippen LogP contribution is 2.39. The van der Waals surface area contributed by atoms with Gasteiger partial charge >= 0.3 is 0 Å². The molecule has 0 spiro atoms. The second kappa shape index (κ2) is 12.5. The van der Waals surface area contributed by atoms with Crippen molar-refractivity contribution >= 4 is 66.4 Å². The van der Waals surface area contributed by atoms with Crippen LogP contribution in [-0.2, 0) is 25.8 Å². The molecular weight excluding hydrogens is 545 g/mol. The van der Waals surface area contributed by atoms with E-state index >= 15 is 0 Å². The summed E-state index contributed by atoms with van der Waals surface area (Å²) in [4.78, 5) is 22.4. The maximum absolute atomic E-state index is 13.5. The van der Waals surface area contributed by atoms with Crippen LogP contribution in [0.3, 0.4) is 0 Å². The molecule has 1 amide bonds. The largest absolute Gasteiger partial charge is 0.494 e. The molecule has 0 saturated carbocycles. The van der Waals surface area contributed by atoms with Crippen LogP contribution in [0.25, 0.3) is 10.2 Å². The van der Waals surface area contributed by atoms with Crippen LogP contribution in [0, 0.1) is 0 Å². The number of sulfone groups is 1. The van der Waals surface area contributed by atoms with Crippen molar-refractivity contribution < 1.29 is 22.7 Å². The quantitative estimate of drug-likeness (QED) is 0.381. The predicted octanol–water partition coefficient (Wildman–Crippen LogP) is 4.08. The number of amides is 1. The number of hydrogen-bond acceptors (Lipinski definition) is 8. The molecule has 0 N–H and O–H groups in total. The number of carbonyl (C=O) groups excluding carboxylic acids is 1. The minimum atomic E-state index is -3.30. The molecule has 12 heteroatoms. The van der Waals surface area contributed by atoms with Crippen LogP contribution in [0.15, 0.2) is 41.3 Å².